The molecule has 3 aromatic rings. The predicted molar refractivity (Wildman–Crippen MR) is 93.4 cm³/mol. The van der Waals surface area contributed by atoms with Crippen molar-refractivity contribution in [2.75, 3.05) is 6.61 Å². The van der Waals surface area contributed by atoms with Crippen LogP contribution in [0.4, 0.5) is 0 Å². The van der Waals surface area contributed by atoms with E-state index in [1.165, 1.54) is 18.2 Å². The maximum Gasteiger partial charge on any atom is 0.335 e. The molecule has 0 spiro atoms. The Morgan fingerprint density at radius 3 is 2.60 bits per heavy atom. The summed E-state index contributed by atoms with van der Waals surface area (Å²) < 4.78 is 11.3. The Bertz CT molecular complexity index is 1020. The zero-order chi connectivity index (χ0) is 18.1. The second-order valence-corrected chi connectivity index (χ2v) is 5.69. The summed E-state index contributed by atoms with van der Waals surface area (Å²) in [5, 5.41) is 19.9. The Hall–Kier alpha value is -2.86. The quantitative estimate of drug-likeness (QED) is 0.689. The lowest BCUT2D eigenvalue weighted by molar-refractivity contribution is 0.0697. The first-order chi connectivity index (χ1) is 12.0. The summed E-state index contributed by atoms with van der Waals surface area (Å²) >= 11 is 0. The molecule has 0 radical (unpaired) electrons. The van der Waals surface area contributed by atoms with Crippen LogP contribution in [0.2, 0.25) is 0 Å². The molecule has 0 aliphatic rings. The van der Waals surface area contributed by atoms with Crippen LogP contribution in [0.1, 0.15) is 42.3 Å². The van der Waals surface area contributed by atoms with Crippen molar-refractivity contribution in [2.45, 2.75) is 26.4 Å². The highest BCUT2D eigenvalue weighted by atomic mass is 16.5. The standard InChI is InChI=1S/C19H18O6/c1-3-15(20)12-8-11(24-4-2)9-14-17(21)13-7-10(19(22)23)5-6-16(13)25-18(12)14/h5-9,15,20H,3-4H2,1-2H3,(H,22,23). The first-order valence-electron chi connectivity index (χ1n) is 8.04. The summed E-state index contributed by atoms with van der Waals surface area (Å²) in [7, 11) is 0. The molecule has 1 unspecified atom stereocenters. The molecular formula is C19H18O6. The van der Waals surface area contributed by atoms with Gasteiger partial charge in [-0.3, -0.25) is 4.79 Å². The minimum Gasteiger partial charge on any atom is -0.494 e. The van der Waals surface area contributed by atoms with Crippen molar-refractivity contribution in [3.05, 3.63) is 51.7 Å². The number of fused-ring (bicyclic) bond motifs is 2. The normalized spacial score (nSPS) is 12.4. The highest BCUT2D eigenvalue weighted by Gasteiger charge is 2.18. The van der Waals surface area contributed by atoms with E-state index in [2.05, 4.69) is 0 Å². The fourth-order valence-electron chi connectivity index (χ4n) is 2.81. The van der Waals surface area contributed by atoms with Crippen molar-refractivity contribution in [3.63, 3.8) is 0 Å². The highest BCUT2D eigenvalue weighted by molar-refractivity contribution is 5.96. The average Bonchev–Trinajstić information content (AvgIpc) is 2.61. The lowest BCUT2D eigenvalue weighted by Crippen LogP contribution is -2.08. The van der Waals surface area contributed by atoms with Crippen LogP contribution >= 0.6 is 0 Å². The van der Waals surface area contributed by atoms with Gasteiger partial charge in [0.25, 0.3) is 0 Å². The van der Waals surface area contributed by atoms with Crippen LogP contribution in [0.3, 0.4) is 0 Å². The van der Waals surface area contributed by atoms with Gasteiger partial charge in [-0.05, 0) is 43.7 Å². The number of hydrogen-bond acceptors (Lipinski definition) is 5. The van der Waals surface area contributed by atoms with E-state index in [1.807, 2.05) is 13.8 Å². The first kappa shape index (κ1) is 17.0. The second-order valence-electron chi connectivity index (χ2n) is 5.69. The summed E-state index contributed by atoms with van der Waals surface area (Å²) in [4.78, 5) is 24.0. The molecule has 0 amide bonds. The largest absolute Gasteiger partial charge is 0.494 e. The summed E-state index contributed by atoms with van der Waals surface area (Å²) in [5.74, 6) is -0.662. The van der Waals surface area contributed by atoms with Gasteiger partial charge in [-0.1, -0.05) is 6.92 Å². The summed E-state index contributed by atoms with van der Waals surface area (Å²) in [6.45, 7) is 4.06. The predicted octanol–water partition coefficient (Wildman–Crippen LogP) is 3.49. The van der Waals surface area contributed by atoms with Gasteiger partial charge in [0.2, 0.25) is 5.43 Å². The molecule has 2 N–H and O–H groups in total. The topological polar surface area (TPSA) is 97.0 Å². The van der Waals surface area contributed by atoms with Gasteiger partial charge in [0.15, 0.2) is 0 Å². The molecule has 0 fully saturated rings. The maximum atomic E-state index is 12.9. The third kappa shape index (κ3) is 2.96. The van der Waals surface area contributed by atoms with E-state index in [9.17, 15) is 14.7 Å². The van der Waals surface area contributed by atoms with E-state index >= 15 is 0 Å². The Balaban J connectivity index is 2.41. The molecule has 2 aromatic carbocycles. The van der Waals surface area contributed by atoms with E-state index in [0.717, 1.165) is 0 Å². The van der Waals surface area contributed by atoms with E-state index in [-0.39, 0.29) is 27.3 Å². The number of carbonyl (C=O) groups is 1. The lowest BCUT2D eigenvalue weighted by Gasteiger charge is -2.14. The zero-order valence-corrected chi connectivity index (χ0v) is 13.9. The Labute approximate surface area is 143 Å². The number of carboxylic acids is 1. The van der Waals surface area contributed by atoms with Crippen LogP contribution in [0.15, 0.2) is 39.5 Å². The van der Waals surface area contributed by atoms with Crippen molar-refractivity contribution in [3.8, 4) is 5.75 Å². The van der Waals surface area contributed by atoms with Crippen molar-refractivity contribution in [1.29, 1.82) is 0 Å². The average molecular weight is 342 g/mol. The number of aromatic carboxylic acids is 1. The van der Waals surface area contributed by atoms with Crippen LogP contribution in [0.5, 0.6) is 5.75 Å². The summed E-state index contributed by atoms with van der Waals surface area (Å²) in [6.07, 6.45) is -0.355. The molecule has 6 nitrogen and oxygen atoms in total. The van der Waals surface area contributed by atoms with Gasteiger partial charge in [-0.25, -0.2) is 4.79 Å². The number of ether oxygens (including phenoxy) is 1. The van der Waals surface area contributed by atoms with E-state index < -0.39 is 12.1 Å². The molecule has 6 heteroatoms. The van der Waals surface area contributed by atoms with Crippen LogP contribution < -0.4 is 10.2 Å². The fraction of sp³-hybridized carbons (Fsp3) is 0.263. The monoisotopic (exact) mass is 342 g/mol. The van der Waals surface area contributed by atoms with Gasteiger partial charge in [-0.2, -0.15) is 0 Å². The number of hydrogen-bond donors (Lipinski definition) is 2. The number of benzene rings is 2. The number of aliphatic hydroxyl groups excluding tert-OH is 1. The zero-order valence-electron chi connectivity index (χ0n) is 13.9. The molecular weight excluding hydrogens is 324 g/mol. The Morgan fingerprint density at radius 2 is 1.96 bits per heavy atom. The van der Waals surface area contributed by atoms with E-state index in [0.29, 0.717) is 29.9 Å². The van der Waals surface area contributed by atoms with E-state index in [1.54, 1.807) is 12.1 Å². The van der Waals surface area contributed by atoms with Gasteiger partial charge in [0.05, 0.1) is 29.0 Å². The second kappa shape index (κ2) is 6.57. The van der Waals surface area contributed by atoms with Gasteiger partial charge in [0.1, 0.15) is 16.9 Å². The van der Waals surface area contributed by atoms with Gasteiger partial charge in [0, 0.05) is 5.56 Å². The van der Waals surface area contributed by atoms with Crippen LogP contribution in [-0.2, 0) is 0 Å². The minimum atomic E-state index is -1.12. The minimum absolute atomic E-state index is 0.00827. The lowest BCUT2D eigenvalue weighted by atomic mass is 10.0. The van der Waals surface area contributed by atoms with Crippen molar-refractivity contribution in [1.82, 2.24) is 0 Å². The van der Waals surface area contributed by atoms with Crippen molar-refractivity contribution >= 4 is 27.9 Å². The van der Waals surface area contributed by atoms with Crippen molar-refractivity contribution < 1.29 is 24.2 Å². The molecule has 1 aromatic heterocycles. The Kier molecular flexibility index (Phi) is 4.46. The SMILES string of the molecule is CCOc1cc(C(O)CC)c2oc3ccc(C(=O)O)cc3c(=O)c2c1. The van der Waals surface area contributed by atoms with Gasteiger partial charge in [-0.15, -0.1) is 0 Å². The number of carboxylic acid groups (broad SMARTS) is 1. The molecule has 0 aliphatic carbocycles. The molecule has 1 atom stereocenters. The molecule has 3 rings (SSSR count). The molecule has 0 bridgehead atoms. The number of aliphatic hydroxyl groups is 1. The number of rotatable bonds is 5. The molecule has 130 valence electrons. The molecule has 0 aliphatic heterocycles. The Morgan fingerprint density at radius 1 is 1.20 bits per heavy atom. The van der Waals surface area contributed by atoms with E-state index in [4.69, 9.17) is 14.3 Å². The molecule has 1 heterocycles. The highest BCUT2D eigenvalue weighted by Crippen LogP contribution is 2.32. The van der Waals surface area contributed by atoms with Crippen LogP contribution in [0.25, 0.3) is 21.9 Å². The summed E-state index contributed by atoms with van der Waals surface area (Å²) in [5.41, 5.74) is 0.693. The third-order valence-corrected chi connectivity index (χ3v) is 4.08. The van der Waals surface area contributed by atoms with Gasteiger partial charge < -0.3 is 19.4 Å². The fourth-order valence-corrected chi connectivity index (χ4v) is 2.81. The maximum absolute atomic E-state index is 12.9. The van der Waals surface area contributed by atoms with Crippen LogP contribution in [0, 0.1) is 0 Å². The third-order valence-electron chi connectivity index (χ3n) is 4.08. The van der Waals surface area contributed by atoms with Crippen molar-refractivity contribution in [2.24, 2.45) is 0 Å². The first-order valence-corrected chi connectivity index (χ1v) is 8.04. The summed E-state index contributed by atoms with van der Waals surface area (Å²) in [6, 6.07) is 7.36. The van der Waals surface area contributed by atoms with Crippen LogP contribution in [-0.4, -0.2) is 22.8 Å². The molecule has 0 saturated heterocycles. The molecule has 0 saturated carbocycles. The smallest absolute Gasteiger partial charge is 0.335 e. The molecule has 25 heavy (non-hydrogen) atoms. The van der Waals surface area contributed by atoms with Gasteiger partial charge >= 0.3 is 5.97 Å².